The summed E-state index contributed by atoms with van der Waals surface area (Å²) in [5.74, 6) is -0.936. The molecule has 0 saturated heterocycles. The lowest BCUT2D eigenvalue weighted by Crippen LogP contribution is -2.36. The maximum absolute atomic E-state index is 13.8. The van der Waals surface area contributed by atoms with E-state index in [1.165, 1.54) is 19.2 Å². The van der Waals surface area contributed by atoms with Crippen molar-refractivity contribution < 1.29 is 18.7 Å². The number of fused-ring (bicyclic) bond motifs is 1. The fourth-order valence-corrected chi connectivity index (χ4v) is 3.10. The lowest BCUT2D eigenvalue weighted by atomic mass is 9.98. The third-order valence-electron chi connectivity index (χ3n) is 4.36. The van der Waals surface area contributed by atoms with Gasteiger partial charge in [0.05, 0.1) is 13.5 Å². The summed E-state index contributed by atoms with van der Waals surface area (Å²) in [6, 6.07) is 9.63. The van der Waals surface area contributed by atoms with Crippen molar-refractivity contribution in [2.45, 2.75) is 19.3 Å². The lowest BCUT2D eigenvalue weighted by Gasteiger charge is -2.30. The standard InChI is InChI=1S/C19H19FN2O3/c1-25-17-7-4-12(9-15(17)20)10-18(23)22-8-2-3-13-11-14(19(21)24)5-6-16(13)22/h4-7,9,11H,2-3,8,10H2,1H3,(H2,21,24). The van der Waals surface area contributed by atoms with Gasteiger partial charge < -0.3 is 15.4 Å². The van der Waals surface area contributed by atoms with Gasteiger partial charge in [-0.05, 0) is 54.3 Å². The summed E-state index contributed by atoms with van der Waals surface area (Å²) < 4.78 is 18.7. The van der Waals surface area contributed by atoms with Crippen molar-refractivity contribution in [1.82, 2.24) is 0 Å². The van der Waals surface area contributed by atoms with Crippen LogP contribution in [0.25, 0.3) is 0 Å². The van der Waals surface area contributed by atoms with Crippen LogP contribution in [0.15, 0.2) is 36.4 Å². The second-order valence-electron chi connectivity index (χ2n) is 6.00. The van der Waals surface area contributed by atoms with Gasteiger partial charge in [0.2, 0.25) is 11.8 Å². The Morgan fingerprint density at radius 3 is 2.72 bits per heavy atom. The molecule has 0 radical (unpaired) electrons. The lowest BCUT2D eigenvalue weighted by molar-refractivity contribution is -0.118. The Morgan fingerprint density at radius 1 is 1.24 bits per heavy atom. The van der Waals surface area contributed by atoms with Gasteiger partial charge in [0.1, 0.15) is 0 Å². The van der Waals surface area contributed by atoms with Crippen LogP contribution in [0.1, 0.15) is 27.9 Å². The van der Waals surface area contributed by atoms with Crippen LogP contribution in [0.3, 0.4) is 0 Å². The number of nitrogens with zero attached hydrogens (tertiary/aromatic N) is 1. The number of ether oxygens (including phenoxy) is 1. The minimum Gasteiger partial charge on any atom is -0.494 e. The largest absolute Gasteiger partial charge is 0.494 e. The highest BCUT2D eigenvalue weighted by molar-refractivity contribution is 5.98. The summed E-state index contributed by atoms with van der Waals surface area (Å²) in [5.41, 5.74) is 8.05. The molecule has 0 saturated carbocycles. The summed E-state index contributed by atoms with van der Waals surface area (Å²) in [6.45, 7) is 0.598. The van der Waals surface area contributed by atoms with Crippen molar-refractivity contribution in [2.24, 2.45) is 5.73 Å². The maximum atomic E-state index is 13.8. The number of benzene rings is 2. The van der Waals surface area contributed by atoms with E-state index in [-0.39, 0.29) is 18.1 Å². The molecule has 1 aliphatic rings. The average Bonchev–Trinajstić information content (AvgIpc) is 2.60. The van der Waals surface area contributed by atoms with Crippen LogP contribution in [0, 0.1) is 5.82 Å². The highest BCUT2D eigenvalue weighted by Gasteiger charge is 2.23. The Kier molecular flexibility index (Phi) is 4.70. The van der Waals surface area contributed by atoms with Crippen LogP contribution in [0.2, 0.25) is 0 Å². The highest BCUT2D eigenvalue weighted by atomic mass is 19.1. The molecule has 6 heteroatoms. The van der Waals surface area contributed by atoms with Crippen molar-refractivity contribution in [3.05, 3.63) is 58.9 Å². The minimum atomic E-state index is -0.488. The summed E-state index contributed by atoms with van der Waals surface area (Å²) in [5, 5.41) is 0. The Morgan fingerprint density at radius 2 is 2.04 bits per heavy atom. The number of hydrogen-bond acceptors (Lipinski definition) is 3. The molecule has 0 atom stereocenters. The van der Waals surface area contributed by atoms with Crippen molar-refractivity contribution in [3.8, 4) is 5.75 Å². The molecule has 0 unspecified atom stereocenters. The van der Waals surface area contributed by atoms with E-state index in [9.17, 15) is 14.0 Å². The van der Waals surface area contributed by atoms with Gasteiger partial charge in [0, 0.05) is 17.8 Å². The molecule has 0 fully saturated rings. The summed E-state index contributed by atoms with van der Waals surface area (Å²) in [6.07, 6.45) is 1.69. The van der Waals surface area contributed by atoms with E-state index < -0.39 is 11.7 Å². The first-order valence-electron chi connectivity index (χ1n) is 8.05. The quantitative estimate of drug-likeness (QED) is 0.928. The van der Waals surface area contributed by atoms with Gasteiger partial charge in [-0.15, -0.1) is 0 Å². The van der Waals surface area contributed by atoms with Gasteiger partial charge in [-0.2, -0.15) is 0 Å². The second-order valence-corrected chi connectivity index (χ2v) is 6.00. The molecule has 2 amide bonds. The first kappa shape index (κ1) is 17.0. The molecule has 2 N–H and O–H groups in total. The van der Waals surface area contributed by atoms with E-state index in [1.54, 1.807) is 29.2 Å². The van der Waals surface area contributed by atoms with Gasteiger partial charge in [-0.25, -0.2) is 4.39 Å². The third-order valence-corrected chi connectivity index (χ3v) is 4.36. The van der Waals surface area contributed by atoms with Crippen LogP contribution in [0.4, 0.5) is 10.1 Å². The van der Waals surface area contributed by atoms with Crippen molar-refractivity contribution >= 4 is 17.5 Å². The Bertz CT molecular complexity index is 835. The molecule has 25 heavy (non-hydrogen) atoms. The minimum absolute atomic E-state index is 0.0952. The first-order valence-corrected chi connectivity index (χ1v) is 8.05. The van der Waals surface area contributed by atoms with E-state index in [0.717, 1.165) is 24.1 Å². The highest BCUT2D eigenvalue weighted by Crippen LogP contribution is 2.29. The zero-order chi connectivity index (χ0) is 18.0. The van der Waals surface area contributed by atoms with E-state index >= 15 is 0 Å². The zero-order valence-corrected chi connectivity index (χ0v) is 13.9. The summed E-state index contributed by atoms with van der Waals surface area (Å²) in [4.78, 5) is 25.7. The monoisotopic (exact) mass is 342 g/mol. The van der Waals surface area contributed by atoms with Gasteiger partial charge >= 0.3 is 0 Å². The second kappa shape index (κ2) is 6.93. The topological polar surface area (TPSA) is 72.6 Å². The van der Waals surface area contributed by atoms with Crippen LogP contribution in [0.5, 0.6) is 5.75 Å². The van der Waals surface area contributed by atoms with E-state index in [1.807, 2.05) is 0 Å². The number of carbonyl (C=O) groups excluding carboxylic acids is 2. The van der Waals surface area contributed by atoms with Gasteiger partial charge in [-0.3, -0.25) is 9.59 Å². The fourth-order valence-electron chi connectivity index (χ4n) is 3.10. The summed E-state index contributed by atoms with van der Waals surface area (Å²) in [7, 11) is 1.40. The molecule has 3 rings (SSSR count). The number of hydrogen-bond donors (Lipinski definition) is 1. The smallest absolute Gasteiger partial charge is 0.248 e. The number of anilines is 1. The number of rotatable bonds is 4. The molecule has 2 aromatic carbocycles. The van der Waals surface area contributed by atoms with Crippen LogP contribution < -0.4 is 15.4 Å². The number of methoxy groups -OCH3 is 1. The molecule has 2 aromatic rings. The van der Waals surface area contributed by atoms with Gasteiger partial charge in [0.15, 0.2) is 11.6 Å². The first-order chi connectivity index (χ1) is 12.0. The molecule has 0 aliphatic carbocycles. The Labute approximate surface area is 145 Å². The summed E-state index contributed by atoms with van der Waals surface area (Å²) >= 11 is 0. The molecular formula is C19H19FN2O3. The molecule has 5 nitrogen and oxygen atoms in total. The Balaban J connectivity index is 1.82. The predicted octanol–water partition coefficient (Wildman–Crippen LogP) is 2.46. The molecule has 0 bridgehead atoms. The average molecular weight is 342 g/mol. The fraction of sp³-hybridized carbons (Fsp3) is 0.263. The van der Waals surface area contributed by atoms with E-state index in [4.69, 9.17) is 10.5 Å². The Hall–Kier alpha value is -2.89. The SMILES string of the molecule is COc1ccc(CC(=O)N2CCCc3cc(C(N)=O)ccc32)cc1F. The maximum Gasteiger partial charge on any atom is 0.248 e. The number of amides is 2. The number of primary amides is 1. The van der Waals surface area contributed by atoms with Crippen molar-refractivity contribution in [1.29, 1.82) is 0 Å². The predicted molar refractivity (Wildman–Crippen MR) is 92.3 cm³/mol. The number of carbonyl (C=O) groups is 2. The van der Waals surface area contributed by atoms with Crippen LogP contribution in [-0.2, 0) is 17.6 Å². The molecule has 0 aromatic heterocycles. The van der Waals surface area contributed by atoms with Crippen LogP contribution >= 0.6 is 0 Å². The van der Waals surface area contributed by atoms with Gasteiger partial charge in [0.25, 0.3) is 0 Å². The van der Waals surface area contributed by atoms with Crippen LogP contribution in [-0.4, -0.2) is 25.5 Å². The van der Waals surface area contributed by atoms with Crippen molar-refractivity contribution in [2.75, 3.05) is 18.6 Å². The molecular weight excluding hydrogens is 323 g/mol. The number of nitrogens with two attached hydrogens (primary N) is 1. The van der Waals surface area contributed by atoms with E-state index in [0.29, 0.717) is 17.7 Å². The zero-order valence-electron chi connectivity index (χ0n) is 13.9. The molecule has 1 aliphatic heterocycles. The number of aryl methyl sites for hydroxylation is 1. The van der Waals surface area contributed by atoms with Gasteiger partial charge in [-0.1, -0.05) is 6.07 Å². The third kappa shape index (κ3) is 3.47. The molecule has 1 heterocycles. The van der Waals surface area contributed by atoms with E-state index in [2.05, 4.69) is 0 Å². The molecule has 130 valence electrons. The normalized spacial score (nSPS) is 13.3. The molecule has 0 spiro atoms. The van der Waals surface area contributed by atoms with Crippen molar-refractivity contribution in [3.63, 3.8) is 0 Å². The number of halogens is 1.